The van der Waals surface area contributed by atoms with Gasteiger partial charge in [0.15, 0.2) is 6.10 Å². The zero-order chi connectivity index (χ0) is 24.1. The van der Waals surface area contributed by atoms with Crippen molar-refractivity contribution in [2.24, 2.45) is 0 Å². The Kier molecular flexibility index (Phi) is 20.0. The van der Waals surface area contributed by atoms with E-state index in [-0.39, 0.29) is 19.4 Å². The fourth-order valence-electron chi connectivity index (χ4n) is 3.29. The van der Waals surface area contributed by atoms with Crippen LogP contribution in [-0.2, 0) is 28.2 Å². The minimum atomic E-state index is -4.70. The highest BCUT2D eigenvalue weighted by Crippen LogP contribution is 2.35. The zero-order valence-electron chi connectivity index (χ0n) is 20.1. The van der Waals surface area contributed by atoms with Crippen LogP contribution in [0, 0.1) is 0 Å². The maximum absolute atomic E-state index is 11.9. The molecule has 2 N–H and O–H groups in total. The van der Waals surface area contributed by atoms with Crippen LogP contribution in [0.15, 0.2) is 0 Å². The highest BCUT2D eigenvalue weighted by atomic mass is 31.2. The monoisotopic (exact) mass is 480 g/mol. The van der Waals surface area contributed by atoms with Gasteiger partial charge in [0.1, 0.15) is 6.61 Å². The first-order valence-corrected chi connectivity index (χ1v) is 13.9. The van der Waals surface area contributed by atoms with Crippen molar-refractivity contribution in [3.05, 3.63) is 0 Å². The third kappa shape index (κ3) is 22.3. The summed E-state index contributed by atoms with van der Waals surface area (Å²) in [7, 11) is -4.70. The van der Waals surface area contributed by atoms with Gasteiger partial charge in [0.2, 0.25) is 0 Å². The average Bonchev–Trinajstić information content (AvgIpc) is 2.73. The molecule has 0 fully saturated rings. The lowest BCUT2D eigenvalue weighted by Crippen LogP contribution is -2.29. The summed E-state index contributed by atoms with van der Waals surface area (Å²) in [6, 6.07) is 0. The quantitative estimate of drug-likeness (QED) is 0.113. The van der Waals surface area contributed by atoms with E-state index < -0.39 is 32.5 Å². The molecule has 0 aliphatic carbocycles. The topological polar surface area (TPSA) is 119 Å². The number of phosphoric ester groups is 1. The summed E-state index contributed by atoms with van der Waals surface area (Å²) in [6.45, 7) is 3.22. The molecule has 0 rings (SSSR count). The van der Waals surface area contributed by atoms with E-state index in [1.165, 1.54) is 64.2 Å². The predicted octanol–water partition coefficient (Wildman–Crippen LogP) is 5.83. The van der Waals surface area contributed by atoms with Crippen molar-refractivity contribution >= 4 is 19.8 Å². The van der Waals surface area contributed by atoms with Crippen molar-refractivity contribution in [1.82, 2.24) is 0 Å². The first-order valence-electron chi connectivity index (χ1n) is 12.3. The predicted molar refractivity (Wildman–Crippen MR) is 124 cm³/mol. The van der Waals surface area contributed by atoms with Crippen LogP contribution in [-0.4, -0.2) is 41.0 Å². The summed E-state index contributed by atoms with van der Waals surface area (Å²) in [5.41, 5.74) is 0. The van der Waals surface area contributed by atoms with Crippen LogP contribution in [0.2, 0.25) is 0 Å². The number of unbranched alkanes of at least 4 members (excludes halogenated alkanes) is 12. The minimum Gasteiger partial charge on any atom is -0.462 e. The molecule has 0 aliphatic heterocycles. The Morgan fingerprint density at radius 1 is 0.688 bits per heavy atom. The molecular weight excluding hydrogens is 435 g/mol. The summed E-state index contributed by atoms with van der Waals surface area (Å²) in [5, 5.41) is 0. The molecule has 0 heterocycles. The maximum Gasteiger partial charge on any atom is 0.469 e. The summed E-state index contributed by atoms with van der Waals surface area (Å²) in [6.07, 6.45) is 15.8. The summed E-state index contributed by atoms with van der Waals surface area (Å²) >= 11 is 0. The molecule has 1 atom stereocenters. The van der Waals surface area contributed by atoms with Gasteiger partial charge < -0.3 is 19.3 Å². The number of carbonyl (C=O) groups excluding carboxylic acids is 2. The highest BCUT2D eigenvalue weighted by molar-refractivity contribution is 7.46. The van der Waals surface area contributed by atoms with E-state index >= 15 is 0 Å². The fourth-order valence-corrected chi connectivity index (χ4v) is 3.65. The Morgan fingerprint density at radius 3 is 1.66 bits per heavy atom. The van der Waals surface area contributed by atoms with Gasteiger partial charge in [-0.1, -0.05) is 90.9 Å². The molecular formula is C23H45O8P. The van der Waals surface area contributed by atoms with Crippen molar-refractivity contribution in [2.75, 3.05) is 13.2 Å². The second-order valence-electron chi connectivity index (χ2n) is 8.32. The number of ether oxygens (including phenoxy) is 2. The van der Waals surface area contributed by atoms with E-state index in [1.54, 1.807) is 6.92 Å². The van der Waals surface area contributed by atoms with Crippen molar-refractivity contribution in [3.63, 3.8) is 0 Å². The van der Waals surface area contributed by atoms with Gasteiger partial charge in [0.25, 0.3) is 0 Å². The molecule has 190 valence electrons. The Morgan fingerprint density at radius 2 is 1.19 bits per heavy atom. The molecule has 0 radical (unpaired) electrons. The molecule has 0 saturated heterocycles. The smallest absolute Gasteiger partial charge is 0.462 e. The van der Waals surface area contributed by atoms with Crippen LogP contribution in [0.3, 0.4) is 0 Å². The van der Waals surface area contributed by atoms with Crippen LogP contribution in [0.1, 0.15) is 117 Å². The average molecular weight is 481 g/mol. The second kappa shape index (κ2) is 20.6. The lowest BCUT2D eigenvalue weighted by molar-refractivity contribution is -0.161. The number of carbonyl (C=O) groups is 2. The van der Waals surface area contributed by atoms with Gasteiger partial charge in [-0.2, -0.15) is 0 Å². The van der Waals surface area contributed by atoms with E-state index in [0.29, 0.717) is 6.42 Å². The molecule has 32 heavy (non-hydrogen) atoms. The number of hydrogen-bond donors (Lipinski definition) is 2. The van der Waals surface area contributed by atoms with Gasteiger partial charge in [-0.3, -0.25) is 14.1 Å². The van der Waals surface area contributed by atoms with Gasteiger partial charge in [-0.15, -0.1) is 0 Å². The van der Waals surface area contributed by atoms with Crippen molar-refractivity contribution in [2.45, 2.75) is 123 Å². The third-order valence-corrected chi connectivity index (χ3v) is 5.58. The summed E-state index contributed by atoms with van der Waals surface area (Å²) < 4.78 is 25.4. The molecule has 0 amide bonds. The molecule has 0 unspecified atom stereocenters. The number of phosphoric acid groups is 1. The molecule has 0 spiro atoms. The maximum atomic E-state index is 11.9. The zero-order valence-corrected chi connectivity index (χ0v) is 21.0. The first-order chi connectivity index (χ1) is 15.3. The van der Waals surface area contributed by atoms with Crippen LogP contribution < -0.4 is 0 Å². The standard InChI is InChI=1S/C23H45O8P/c1-3-5-6-7-8-9-10-11-12-13-14-15-16-18-22(24)29-19-21(20-30-32(26,27)28)31-23(25)17-4-2/h21H,3-20H2,1-2H3,(H2,26,27,28)/t21-/m0/s1. The molecule has 8 nitrogen and oxygen atoms in total. The van der Waals surface area contributed by atoms with Crippen LogP contribution in [0.5, 0.6) is 0 Å². The lowest BCUT2D eigenvalue weighted by atomic mass is 10.0. The molecule has 0 aromatic rings. The van der Waals surface area contributed by atoms with E-state index in [0.717, 1.165) is 19.3 Å². The molecule has 9 heteroatoms. The van der Waals surface area contributed by atoms with Crippen LogP contribution >= 0.6 is 7.82 Å². The van der Waals surface area contributed by atoms with E-state index in [1.807, 2.05) is 0 Å². The highest BCUT2D eigenvalue weighted by Gasteiger charge is 2.22. The lowest BCUT2D eigenvalue weighted by Gasteiger charge is -2.18. The first kappa shape index (κ1) is 31.0. The summed E-state index contributed by atoms with van der Waals surface area (Å²) in [5.74, 6) is -0.944. The van der Waals surface area contributed by atoms with Crippen LogP contribution in [0.25, 0.3) is 0 Å². The number of rotatable bonds is 22. The van der Waals surface area contributed by atoms with E-state index in [4.69, 9.17) is 19.3 Å². The second-order valence-corrected chi connectivity index (χ2v) is 9.56. The summed E-state index contributed by atoms with van der Waals surface area (Å²) in [4.78, 5) is 41.1. The molecule has 0 aromatic heterocycles. The minimum absolute atomic E-state index is 0.166. The van der Waals surface area contributed by atoms with Gasteiger partial charge in [-0.25, -0.2) is 4.57 Å². The molecule has 0 aliphatic rings. The van der Waals surface area contributed by atoms with Gasteiger partial charge in [0.05, 0.1) is 6.61 Å². The van der Waals surface area contributed by atoms with Crippen molar-refractivity contribution in [3.8, 4) is 0 Å². The molecule has 0 saturated carbocycles. The number of hydrogen-bond acceptors (Lipinski definition) is 6. The van der Waals surface area contributed by atoms with Gasteiger partial charge >= 0.3 is 19.8 Å². The Bertz CT molecular complexity index is 520. The van der Waals surface area contributed by atoms with E-state index in [2.05, 4.69) is 11.4 Å². The third-order valence-electron chi connectivity index (χ3n) is 5.10. The SMILES string of the molecule is CCCCCCCCCCCCCCCC(=O)OC[C@@H](COP(=O)(O)O)OC(=O)CCC. The van der Waals surface area contributed by atoms with Crippen molar-refractivity contribution in [1.29, 1.82) is 0 Å². The molecule has 0 aromatic carbocycles. The van der Waals surface area contributed by atoms with E-state index in [9.17, 15) is 14.2 Å². The van der Waals surface area contributed by atoms with Gasteiger partial charge in [-0.05, 0) is 12.8 Å². The Balaban J connectivity index is 3.80. The normalized spacial score (nSPS) is 12.5. The van der Waals surface area contributed by atoms with Crippen molar-refractivity contribution < 1.29 is 37.9 Å². The number of esters is 2. The fraction of sp³-hybridized carbons (Fsp3) is 0.913. The Labute approximate surface area is 194 Å². The largest absolute Gasteiger partial charge is 0.469 e. The van der Waals surface area contributed by atoms with Gasteiger partial charge in [0, 0.05) is 12.8 Å². The Hall–Kier alpha value is -0.950. The van der Waals surface area contributed by atoms with Crippen LogP contribution in [0.4, 0.5) is 0 Å². The molecule has 0 bridgehead atoms.